The summed E-state index contributed by atoms with van der Waals surface area (Å²) in [7, 11) is 0. The van der Waals surface area contributed by atoms with E-state index < -0.39 is 12.5 Å². The topological polar surface area (TPSA) is 58.6 Å². The number of nitrogens with one attached hydrogen (secondary N) is 1. The van der Waals surface area contributed by atoms with Crippen LogP contribution in [0.1, 0.15) is 29.6 Å². The molecule has 5 nitrogen and oxygen atoms in total. The third-order valence-electron chi connectivity index (χ3n) is 3.46. The van der Waals surface area contributed by atoms with E-state index in [1.165, 1.54) is 18.2 Å². The van der Waals surface area contributed by atoms with Crippen molar-refractivity contribution in [1.29, 1.82) is 0 Å². The highest BCUT2D eigenvalue weighted by Gasteiger charge is 2.19. The zero-order valence-electron chi connectivity index (χ0n) is 12.1. The molecule has 0 atom stereocenters. The average Bonchev–Trinajstić information content (AvgIpc) is 2.53. The first-order valence-electron chi connectivity index (χ1n) is 7.18. The van der Waals surface area contributed by atoms with E-state index >= 15 is 0 Å². The summed E-state index contributed by atoms with van der Waals surface area (Å²) in [5.41, 5.74) is -0.0192. The summed E-state index contributed by atoms with van der Waals surface area (Å²) in [5, 5.41) is 2.45. The van der Waals surface area contributed by atoms with E-state index in [-0.39, 0.29) is 23.8 Å². The van der Waals surface area contributed by atoms with Crippen LogP contribution in [-0.4, -0.2) is 43.0 Å². The van der Waals surface area contributed by atoms with E-state index in [9.17, 15) is 18.4 Å². The summed E-state index contributed by atoms with van der Waals surface area (Å²) in [6.45, 7) is -1.77. The first-order chi connectivity index (χ1) is 10.6. The molecule has 1 aliphatic rings. The Balaban J connectivity index is 1.93. The molecule has 1 heterocycles. The summed E-state index contributed by atoms with van der Waals surface area (Å²) >= 11 is 0. The fraction of sp³-hybridized carbons (Fsp3) is 0.467. The number of carbonyl (C=O) groups excluding carboxylic acids is 2. The van der Waals surface area contributed by atoms with Crippen LogP contribution in [-0.2, 0) is 4.79 Å². The average molecular weight is 312 g/mol. The lowest BCUT2D eigenvalue weighted by molar-refractivity contribution is -0.130. The Morgan fingerprint density at radius 2 is 1.86 bits per heavy atom. The van der Waals surface area contributed by atoms with Gasteiger partial charge in [0.15, 0.2) is 0 Å². The maximum absolute atomic E-state index is 12.3. The molecule has 22 heavy (non-hydrogen) atoms. The van der Waals surface area contributed by atoms with E-state index in [4.69, 9.17) is 0 Å². The summed E-state index contributed by atoms with van der Waals surface area (Å²) in [6.07, 6.45) is 3.03. The normalized spacial score (nSPS) is 14.8. The highest BCUT2D eigenvalue weighted by molar-refractivity contribution is 5.98. The van der Waals surface area contributed by atoms with Crippen molar-refractivity contribution in [3.05, 3.63) is 29.8 Å². The Bertz CT molecular complexity index is 531. The van der Waals surface area contributed by atoms with Crippen LogP contribution >= 0.6 is 0 Å². The lowest BCUT2D eigenvalue weighted by Crippen LogP contribution is -2.42. The van der Waals surface area contributed by atoms with Gasteiger partial charge in [0, 0.05) is 13.1 Å². The van der Waals surface area contributed by atoms with Crippen molar-refractivity contribution in [2.45, 2.75) is 25.9 Å². The van der Waals surface area contributed by atoms with Crippen molar-refractivity contribution in [3.63, 3.8) is 0 Å². The van der Waals surface area contributed by atoms with E-state index in [0.717, 1.165) is 19.3 Å². The third-order valence-corrected chi connectivity index (χ3v) is 3.46. The molecule has 120 valence electrons. The molecule has 0 unspecified atom stereocenters. The molecule has 1 saturated heterocycles. The van der Waals surface area contributed by atoms with Crippen LogP contribution in [0.4, 0.5) is 8.78 Å². The first-order valence-corrected chi connectivity index (χ1v) is 7.18. The second-order valence-corrected chi connectivity index (χ2v) is 5.00. The Morgan fingerprint density at radius 3 is 2.55 bits per heavy atom. The van der Waals surface area contributed by atoms with Gasteiger partial charge in [0.25, 0.3) is 5.91 Å². The van der Waals surface area contributed by atoms with Crippen molar-refractivity contribution in [3.8, 4) is 5.75 Å². The number of piperidine rings is 1. The number of ether oxygens (including phenoxy) is 1. The van der Waals surface area contributed by atoms with Gasteiger partial charge in [-0.05, 0) is 31.4 Å². The number of amides is 2. The highest BCUT2D eigenvalue weighted by Crippen LogP contribution is 2.20. The molecular weight excluding hydrogens is 294 g/mol. The van der Waals surface area contributed by atoms with Gasteiger partial charge < -0.3 is 15.0 Å². The lowest BCUT2D eigenvalue weighted by atomic mass is 10.1. The van der Waals surface area contributed by atoms with E-state index in [1.54, 1.807) is 11.0 Å². The largest absolute Gasteiger partial charge is 0.434 e. The minimum atomic E-state index is -3.01. The molecule has 1 aromatic rings. The second-order valence-electron chi connectivity index (χ2n) is 5.00. The van der Waals surface area contributed by atoms with Crippen LogP contribution in [0.3, 0.4) is 0 Å². The molecular formula is C15H18F2N2O3. The van der Waals surface area contributed by atoms with Crippen LogP contribution in [0, 0.1) is 0 Å². The Labute approximate surface area is 127 Å². The summed E-state index contributed by atoms with van der Waals surface area (Å²) in [4.78, 5) is 25.7. The molecule has 0 spiro atoms. The molecule has 2 amide bonds. The van der Waals surface area contributed by atoms with Crippen molar-refractivity contribution in [2.75, 3.05) is 19.6 Å². The minimum Gasteiger partial charge on any atom is -0.434 e. The highest BCUT2D eigenvalue weighted by atomic mass is 19.3. The Kier molecular flexibility index (Phi) is 5.68. The number of carbonyl (C=O) groups is 2. The standard InChI is InChI=1S/C15H18F2N2O3/c16-15(17)22-12-7-3-2-6-11(12)14(21)18-10-13(20)19-8-4-1-5-9-19/h2-3,6-7,15H,1,4-5,8-10H2,(H,18,21). The fourth-order valence-corrected chi connectivity index (χ4v) is 2.36. The number of hydrogen-bond donors (Lipinski definition) is 1. The van der Waals surface area contributed by atoms with Gasteiger partial charge in [0.1, 0.15) is 5.75 Å². The summed E-state index contributed by atoms with van der Waals surface area (Å²) in [5.74, 6) is -0.984. The number of para-hydroxylation sites is 1. The quantitative estimate of drug-likeness (QED) is 0.905. The number of rotatable bonds is 5. The van der Waals surface area contributed by atoms with Crippen LogP contribution < -0.4 is 10.1 Å². The van der Waals surface area contributed by atoms with Gasteiger partial charge in [-0.1, -0.05) is 12.1 Å². The Morgan fingerprint density at radius 1 is 1.18 bits per heavy atom. The zero-order chi connectivity index (χ0) is 15.9. The van der Waals surface area contributed by atoms with Gasteiger partial charge in [-0.2, -0.15) is 8.78 Å². The number of benzene rings is 1. The fourth-order valence-electron chi connectivity index (χ4n) is 2.36. The lowest BCUT2D eigenvalue weighted by Gasteiger charge is -2.26. The van der Waals surface area contributed by atoms with Gasteiger partial charge in [0.2, 0.25) is 5.91 Å². The van der Waals surface area contributed by atoms with Gasteiger partial charge in [-0.25, -0.2) is 0 Å². The van der Waals surface area contributed by atoms with E-state index in [0.29, 0.717) is 13.1 Å². The monoisotopic (exact) mass is 312 g/mol. The maximum atomic E-state index is 12.3. The first kappa shape index (κ1) is 16.2. The molecule has 1 aliphatic heterocycles. The van der Waals surface area contributed by atoms with Crippen molar-refractivity contribution >= 4 is 11.8 Å². The molecule has 0 bridgehead atoms. The number of likely N-dealkylation sites (tertiary alicyclic amines) is 1. The molecule has 1 N–H and O–H groups in total. The molecule has 0 aliphatic carbocycles. The summed E-state index contributed by atoms with van der Waals surface area (Å²) in [6, 6.07) is 5.69. The third kappa shape index (κ3) is 4.41. The van der Waals surface area contributed by atoms with Crippen LogP contribution in [0.25, 0.3) is 0 Å². The predicted octanol–water partition coefficient (Wildman–Crippen LogP) is 2.03. The van der Waals surface area contributed by atoms with Crippen molar-refractivity contribution in [2.24, 2.45) is 0 Å². The SMILES string of the molecule is O=C(NCC(=O)N1CCCCC1)c1ccccc1OC(F)F. The zero-order valence-corrected chi connectivity index (χ0v) is 12.1. The summed E-state index contributed by atoms with van der Waals surface area (Å²) < 4.78 is 28.9. The second kappa shape index (κ2) is 7.72. The van der Waals surface area contributed by atoms with Crippen LogP contribution in [0.5, 0.6) is 5.75 Å². The smallest absolute Gasteiger partial charge is 0.387 e. The number of hydrogen-bond acceptors (Lipinski definition) is 3. The number of nitrogens with zero attached hydrogens (tertiary/aromatic N) is 1. The number of halogens is 2. The van der Waals surface area contributed by atoms with E-state index in [1.807, 2.05) is 0 Å². The maximum Gasteiger partial charge on any atom is 0.387 e. The van der Waals surface area contributed by atoms with Crippen molar-refractivity contribution < 1.29 is 23.1 Å². The van der Waals surface area contributed by atoms with Gasteiger partial charge in [0.05, 0.1) is 12.1 Å². The molecule has 1 aromatic carbocycles. The number of alkyl halides is 2. The van der Waals surface area contributed by atoms with Crippen LogP contribution in [0.2, 0.25) is 0 Å². The van der Waals surface area contributed by atoms with Gasteiger partial charge >= 0.3 is 6.61 Å². The van der Waals surface area contributed by atoms with Crippen LogP contribution in [0.15, 0.2) is 24.3 Å². The Hall–Kier alpha value is -2.18. The minimum absolute atomic E-state index is 0.0192. The van der Waals surface area contributed by atoms with Gasteiger partial charge in [-0.3, -0.25) is 9.59 Å². The van der Waals surface area contributed by atoms with E-state index in [2.05, 4.69) is 10.1 Å². The molecule has 0 saturated carbocycles. The molecule has 7 heteroatoms. The molecule has 0 radical (unpaired) electrons. The molecule has 1 fully saturated rings. The van der Waals surface area contributed by atoms with Gasteiger partial charge in [-0.15, -0.1) is 0 Å². The molecule has 0 aromatic heterocycles. The molecule has 2 rings (SSSR count). The predicted molar refractivity (Wildman–Crippen MR) is 75.8 cm³/mol. The van der Waals surface area contributed by atoms with Crippen molar-refractivity contribution in [1.82, 2.24) is 10.2 Å².